The lowest BCUT2D eigenvalue weighted by atomic mass is 9.84. The molecule has 0 aliphatic carbocycles. The maximum atomic E-state index is 5.73. The molecule has 1 aliphatic rings. The summed E-state index contributed by atoms with van der Waals surface area (Å²) in [6.45, 7) is 6.35. The smallest absolute Gasteiger partial charge is 0.122 e. The summed E-state index contributed by atoms with van der Waals surface area (Å²) in [5.41, 5.74) is 1.39. The summed E-state index contributed by atoms with van der Waals surface area (Å²) in [4.78, 5) is 0. The zero-order chi connectivity index (χ0) is 12.1. The SMILES string of the molecule is CCCC(NCC)C1CCOc2ccccc21. The minimum Gasteiger partial charge on any atom is -0.493 e. The second-order valence-corrected chi connectivity index (χ2v) is 4.73. The molecule has 17 heavy (non-hydrogen) atoms. The van der Waals surface area contributed by atoms with Crippen LogP contribution < -0.4 is 10.1 Å². The fourth-order valence-corrected chi connectivity index (χ4v) is 2.81. The third-order valence-electron chi connectivity index (χ3n) is 3.56. The second-order valence-electron chi connectivity index (χ2n) is 4.73. The number of benzene rings is 1. The number of fused-ring (bicyclic) bond motifs is 1. The Bertz CT molecular complexity index is 345. The molecule has 0 aromatic heterocycles. The Morgan fingerprint density at radius 2 is 2.18 bits per heavy atom. The van der Waals surface area contributed by atoms with Gasteiger partial charge in [-0.2, -0.15) is 0 Å². The van der Waals surface area contributed by atoms with Crippen molar-refractivity contribution in [2.45, 2.75) is 45.1 Å². The predicted octanol–water partition coefficient (Wildman–Crippen LogP) is 3.33. The molecule has 2 rings (SSSR count). The van der Waals surface area contributed by atoms with Crippen LogP contribution in [0.5, 0.6) is 5.75 Å². The quantitative estimate of drug-likeness (QED) is 0.842. The Labute approximate surface area is 104 Å². The zero-order valence-electron chi connectivity index (χ0n) is 10.9. The van der Waals surface area contributed by atoms with Gasteiger partial charge in [-0.25, -0.2) is 0 Å². The summed E-state index contributed by atoms with van der Waals surface area (Å²) in [6, 6.07) is 9.09. The van der Waals surface area contributed by atoms with E-state index >= 15 is 0 Å². The average molecular weight is 233 g/mol. The number of rotatable bonds is 5. The summed E-state index contributed by atoms with van der Waals surface area (Å²) >= 11 is 0. The standard InChI is InChI=1S/C15H23NO/c1-3-7-14(16-4-2)12-10-11-17-15-9-6-5-8-13(12)15/h5-6,8-9,12,14,16H,3-4,7,10-11H2,1-2H3. The summed E-state index contributed by atoms with van der Waals surface area (Å²) in [7, 11) is 0. The molecule has 1 N–H and O–H groups in total. The van der Waals surface area contributed by atoms with Crippen molar-refractivity contribution < 1.29 is 4.74 Å². The van der Waals surface area contributed by atoms with Gasteiger partial charge in [0.05, 0.1) is 6.61 Å². The lowest BCUT2D eigenvalue weighted by Crippen LogP contribution is -2.37. The minimum atomic E-state index is 0.593. The Morgan fingerprint density at radius 1 is 1.35 bits per heavy atom. The molecule has 2 unspecified atom stereocenters. The van der Waals surface area contributed by atoms with Crippen molar-refractivity contribution in [3.63, 3.8) is 0 Å². The number of nitrogens with one attached hydrogen (secondary N) is 1. The van der Waals surface area contributed by atoms with Crippen molar-refractivity contribution in [2.24, 2.45) is 0 Å². The first-order chi connectivity index (χ1) is 8.36. The van der Waals surface area contributed by atoms with Crippen LogP contribution in [-0.4, -0.2) is 19.2 Å². The van der Waals surface area contributed by atoms with Crippen molar-refractivity contribution >= 4 is 0 Å². The molecular weight excluding hydrogens is 210 g/mol. The second kappa shape index (κ2) is 6.06. The van der Waals surface area contributed by atoms with Gasteiger partial charge in [0.25, 0.3) is 0 Å². The highest BCUT2D eigenvalue weighted by atomic mass is 16.5. The van der Waals surface area contributed by atoms with E-state index in [4.69, 9.17) is 4.74 Å². The predicted molar refractivity (Wildman–Crippen MR) is 71.7 cm³/mol. The van der Waals surface area contributed by atoms with Crippen molar-refractivity contribution in [3.8, 4) is 5.75 Å². The first-order valence-corrected chi connectivity index (χ1v) is 6.82. The van der Waals surface area contributed by atoms with E-state index < -0.39 is 0 Å². The van der Waals surface area contributed by atoms with Crippen molar-refractivity contribution in [2.75, 3.05) is 13.2 Å². The highest BCUT2D eigenvalue weighted by molar-refractivity contribution is 5.38. The van der Waals surface area contributed by atoms with Gasteiger partial charge in [-0.1, -0.05) is 38.5 Å². The normalized spacial score (nSPS) is 20.5. The molecule has 1 aromatic rings. The zero-order valence-corrected chi connectivity index (χ0v) is 10.9. The molecule has 0 spiro atoms. The van der Waals surface area contributed by atoms with Gasteiger partial charge >= 0.3 is 0 Å². The van der Waals surface area contributed by atoms with Crippen molar-refractivity contribution in [3.05, 3.63) is 29.8 Å². The van der Waals surface area contributed by atoms with Crippen molar-refractivity contribution in [1.82, 2.24) is 5.32 Å². The molecule has 2 heteroatoms. The van der Waals surface area contributed by atoms with Gasteiger partial charge in [0.1, 0.15) is 5.75 Å². The number of para-hydroxylation sites is 1. The number of ether oxygens (including phenoxy) is 1. The first-order valence-electron chi connectivity index (χ1n) is 6.82. The van der Waals surface area contributed by atoms with Crippen LogP contribution in [-0.2, 0) is 0 Å². The summed E-state index contributed by atoms with van der Waals surface area (Å²) in [6.07, 6.45) is 3.61. The molecule has 0 radical (unpaired) electrons. The van der Waals surface area contributed by atoms with Gasteiger partial charge in [0, 0.05) is 12.0 Å². The average Bonchev–Trinajstić information content (AvgIpc) is 2.38. The Balaban J connectivity index is 2.20. The third kappa shape index (κ3) is 2.81. The van der Waals surface area contributed by atoms with Gasteiger partial charge in [0.2, 0.25) is 0 Å². The first kappa shape index (κ1) is 12.4. The topological polar surface area (TPSA) is 21.3 Å². The molecule has 2 atom stereocenters. The highest BCUT2D eigenvalue weighted by Crippen LogP contribution is 2.36. The minimum absolute atomic E-state index is 0.593. The molecular formula is C15H23NO. The van der Waals surface area contributed by atoms with Crippen LogP contribution in [0.3, 0.4) is 0 Å². The van der Waals surface area contributed by atoms with Crippen LogP contribution in [0, 0.1) is 0 Å². The Morgan fingerprint density at radius 3 is 2.94 bits per heavy atom. The van der Waals surface area contributed by atoms with Gasteiger partial charge in [-0.05, 0) is 31.0 Å². The van der Waals surface area contributed by atoms with E-state index in [1.54, 1.807) is 0 Å². The fourth-order valence-electron chi connectivity index (χ4n) is 2.81. The van der Waals surface area contributed by atoms with E-state index in [9.17, 15) is 0 Å². The van der Waals surface area contributed by atoms with Gasteiger partial charge in [-0.3, -0.25) is 0 Å². The van der Waals surface area contributed by atoms with Gasteiger partial charge in [-0.15, -0.1) is 0 Å². The summed E-state index contributed by atoms with van der Waals surface area (Å²) in [5.74, 6) is 1.70. The van der Waals surface area contributed by atoms with Crippen molar-refractivity contribution in [1.29, 1.82) is 0 Å². The lowest BCUT2D eigenvalue weighted by molar-refractivity contribution is 0.242. The third-order valence-corrected chi connectivity index (χ3v) is 3.56. The maximum Gasteiger partial charge on any atom is 0.122 e. The molecule has 0 saturated heterocycles. The van der Waals surface area contributed by atoms with Gasteiger partial charge in [0.15, 0.2) is 0 Å². The lowest BCUT2D eigenvalue weighted by Gasteiger charge is -2.32. The van der Waals surface area contributed by atoms with E-state index in [1.165, 1.54) is 18.4 Å². The molecule has 2 nitrogen and oxygen atoms in total. The molecule has 1 aromatic carbocycles. The van der Waals surface area contributed by atoms with Crippen LogP contribution in [0.25, 0.3) is 0 Å². The van der Waals surface area contributed by atoms with Crippen LogP contribution >= 0.6 is 0 Å². The maximum absolute atomic E-state index is 5.73. The Hall–Kier alpha value is -1.02. The monoisotopic (exact) mass is 233 g/mol. The number of hydrogen-bond acceptors (Lipinski definition) is 2. The van der Waals surface area contributed by atoms with E-state index in [0.29, 0.717) is 12.0 Å². The summed E-state index contributed by atoms with van der Waals surface area (Å²) < 4.78 is 5.73. The molecule has 0 saturated carbocycles. The fraction of sp³-hybridized carbons (Fsp3) is 0.600. The van der Waals surface area contributed by atoms with E-state index in [0.717, 1.165) is 25.3 Å². The van der Waals surface area contributed by atoms with Gasteiger partial charge < -0.3 is 10.1 Å². The molecule has 1 aliphatic heterocycles. The molecule has 94 valence electrons. The molecule has 0 bridgehead atoms. The summed E-state index contributed by atoms with van der Waals surface area (Å²) in [5, 5.41) is 3.64. The van der Waals surface area contributed by atoms with Crippen LogP contribution in [0.15, 0.2) is 24.3 Å². The molecule has 0 amide bonds. The van der Waals surface area contributed by atoms with E-state index in [1.807, 2.05) is 0 Å². The Kier molecular flexibility index (Phi) is 4.43. The number of likely N-dealkylation sites (N-methyl/N-ethyl adjacent to an activating group) is 1. The van der Waals surface area contributed by atoms with Crippen LogP contribution in [0.1, 0.15) is 44.6 Å². The van der Waals surface area contributed by atoms with E-state index in [-0.39, 0.29) is 0 Å². The van der Waals surface area contributed by atoms with E-state index in [2.05, 4.69) is 43.4 Å². The van der Waals surface area contributed by atoms with Crippen LogP contribution in [0.4, 0.5) is 0 Å². The highest BCUT2D eigenvalue weighted by Gasteiger charge is 2.27. The molecule has 1 heterocycles. The van der Waals surface area contributed by atoms with Crippen LogP contribution in [0.2, 0.25) is 0 Å². The number of hydrogen-bond donors (Lipinski definition) is 1. The molecule has 0 fully saturated rings. The largest absolute Gasteiger partial charge is 0.493 e.